The standard InChI is InChI=1S/C18H26N2S/c1-2-14-8-4-3-7-11-20(14)13-16-15-9-5-6-10-17(15)21-18(16)12-19/h5-6,9-10,14H,2-4,7-8,11-13,19H2,1H3. The molecule has 1 aliphatic heterocycles. The fourth-order valence-corrected chi connectivity index (χ4v) is 4.69. The van der Waals surface area contributed by atoms with Gasteiger partial charge in [0.25, 0.3) is 0 Å². The average Bonchev–Trinajstić information content (AvgIpc) is 2.71. The molecule has 0 amide bonds. The van der Waals surface area contributed by atoms with Crippen molar-refractivity contribution in [3.8, 4) is 0 Å². The molecule has 2 aromatic rings. The van der Waals surface area contributed by atoms with E-state index in [1.54, 1.807) is 0 Å². The van der Waals surface area contributed by atoms with Crippen LogP contribution in [-0.4, -0.2) is 17.5 Å². The van der Waals surface area contributed by atoms with Crippen LogP contribution < -0.4 is 5.73 Å². The van der Waals surface area contributed by atoms with Crippen molar-refractivity contribution in [3.63, 3.8) is 0 Å². The number of hydrogen-bond donors (Lipinski definition) is 1. The maximum Gasteiger partial charge on any atom is 0.0349 e. The smallest absolute Gasteiger partial charge is 0.0349 e. The topological polar surface area (TPSA) is 29.3 Å². The van der Waals surface area contributed by atoms with Gasteiger partial charge < -0.3 is 5.73 Å². The van der Waals surface area contributed by atoms with E-state index < -0.39 is 0 Å². The van der Waals surface area contributed by atoms with Crippen molar-refractivity contribution in [3.05, 3.63) is 34.7 Å². The van der Waals surface area contributed by atoms with Gasteiger partial charge in [-0.25, -0.2) is 0 Å². The largest absolute Gasteiger partial charge is 0.326 e. The van der Waals surface area contributed by atoms with Crippen LogP contribution in [0.3, 0.4) is 0 Å². The zero-order chi connectivity index (χ0) is 14.7. The van der Waals surface area contributed by atoms with E-state index in [0.29, 0.717) is 6.54 Å². The molecule has 2 N–H and O–H groups in total. The summed E-state index contributed by atoms with van der Waals surface area (Å²) >= 11 is 1.87. The second-order valence-corrected chi connectivity index (χ2v) is 7.22. The highest BCUT2D eigenvalue weighted by molar-refractivity contribution is 7.19. The van der Waals surface area contributed by atoms with E-state index in [2.05, 4.69) is 36.1 Å². The van der Waals surface area contributed by atoms with Crippen molar-refractivity contribution in [2.24, 2.45) is 5.73 Å². The fourth-order valence-electron chi connectivity index (χ4n) is 3.60. The van der Waals surface area contributed by atoms with E-state index in [-0.39, 0.29) is 0 Å². The third kappa shape index (κ3) is 3.15. The Morgan fingerprint density at radius 2 is 2.10 bits per heavy atom. The van der Waals surface area contributed by atoms with Gasteiger partial charge in [-0.05, 0) is 42.8 Å². The van der Waals surface area contributed by atoms with Crippen LogP contribution in [0, 0.1) is 0 Å². The van der Waals surface area contributed by atoms with E-state index in [9.17, 15) is 0 Å². The number of hydrogen-bond acceptors (Lipinski definition) is 3. The predicted molar refractivity (Wildman–Crippen MR) is 92.7 cm³/mol. The molecule has 1 aliphatic rings. The van der Waals surface area contributed by atoms with Crippen molar-refractivity contribution < 1.29 is 0 Å². The normalized spacial score (nSPS) is 20.8. The molecule has 1 saturated heterocycles. The minimum absolute atomic E-state index is 0.666. The van der Waals surface area contributed by atoms with Crippen LogP contribution in [0.25, 0.3) is 10.1 Å². The summed E-state index contributed by atoms with van der Waals surface area (Å²) in [4.78, 5) is 4.08. The highest BCUT2D eigenvalue weighted by atomic mass is 32.1. The van der Waals surface area contributed by atoms with Gasteiger partial charge in [0.05, 0.1) is 0 Å². The molecule has 2 heterocycles. The van der Waals surface area contributed by atoms with Crippen LogP contribution in [0.5, 0.6) is 0 Å². The van der Waals surface area contributed by atoms with E-state index in [0.717, 1.165) is 12.6 Å². The number of rotatable bonds is 4. The Balaban J connectivity index is 1.92. The maximum absolute atomic E-state index is 6.01. The van der Waals surface area contributed by atoms with Crippen LogP contribution in [0.1, 0.15) is 49.5 Å². The number of nitrogens with zero attached hydrogens (tertiary/aromatic N) is 1. The molecule has 1 aromatic heterocycles. The van der Waals surface area contributed by atoms with Crippen molar-refractivity contribution in [2.45, 2.75) is 58.2 Å². The Kier molecular flexibility index (Phi) is 4.94. The maximum atomic E-state index is 6.01. The molecule has 1 aromatic carbocycles. The monoisotopic (exact) mass is 302 g/mol. The first-order valence-electron chi connectivity index (χ1n) is 8.27. The number of likely N-dealkylation sites (tertiary alicyclic amines) is 1. The van der Waals surface area contributed by atoms with Gasteiger partial charge in [0.2, 0.25) is 0 Å². The summed E-state index contributed by atoms with van der Waals surface area (Å²) < 4.78 is 1.39. The first kappa shape index (κ1) is 15.0. The molecule has 114 valence electrons. The quantitative estimate of drug-likeness (QED) is 0.900. The van der Waals surface area contributed by atoms with Gasteiger partial charge in [-0.15, -0.1) is 11.3 Å². The summed E-state index contributed by atoms with van der Waals surface area (Å²) in [5.74, 6) is 0. The highest BCUT2D eigenvalue weighted by Gasteiger charge is 2.22. The Bertz CT molecular complexity index is 590. The second kappa shape index (κ2) is 6.91. The summed E-state index contributed by atoms with van der Waals surface area (Å²) in [7, 11) is 0. The van der Waals surface area contributed by atoms with Gasteiger partial charge in [0, 0.05) is 28.7 Å². The van der Waals surface area contributed by atoms with Gasteiger partial charge >= 0.3 is 0 Å². The zero-order valence-corrected chi connectivity index (χ0v) is 13.8. The summed E-state index contributed by atoms with van der Waals surface area (Å²) in [5.41, 5.74) is 7.49. The summed E-state index contributed by atoms with van der Waals surface area (Å²) in [6, 6.07) is 9.51. The van der Waals surface area contributed by atoms with Gasteiger partial charge in [0.1, 0.15) is 0 Å². The molecule has 1 fully saturated rings. The van der Waals surface area contributed by atoms with Gasteiger partial charge in [-0.1, -0.05) is 38.0 Å². The van der Waals surface area contributed by atoms with Crippen molar-refractivity contribution in [1.82, 2.24) is 4.90 Å². The molecule has 3 heteroatoms. The third-order valence-electron chi connectivity index (χ3n) is 4.80. The minimum atomic E-state index is 0.666. The molecule has 21 heavy (non-hydrogen) atoms. The molecule has 1 atom stereocenters. The predicted octanol–water partition coefficient (Wildman–Crippen LogP) is 4.51. The zero-order valence-electron chi connectivity index (χ0n) is 13.0. The lowest BCUT2D eigenvalue weighted by atomic mass is 10.1. The molecule has 0 spiro atoms. The number of fused-ring (bicyclic) bond motifs is 1. The van der Waals surface area contributed by atoms with E-state index in [4.69, 9.17) is 5.73 Å². The third-order valence-corrected chi connectivity index (χ3v) is 6.03. The number of benzene rings is 1. The Morgan fingerprint density at radius 3 is 2.90 bits per heavy atom. The van der Waals surface area contributed by atoms with E-state index >= 15 is 0 Å². The van der Waals surface area contributed by atoms with Crippen LogP contribution in [0.2, 0.25) is 0 Å². The lowest BCUT2D eigenvalue weighted by Crippen LogP contribution is -2.34. The molecular weight excluding hydrogens is 276 g/mol. The minimum Gasteiger partial charge on any atom is -0.326 e. The SMILES string of the molecule is CCC1CCCCCN1Cc1c(CN)sc2ccccc12. The molecule has 1 unspecified atom stereocenters. The number of nitrogens with two attached hydrogens (primary N) is 1. The van der Waals surface area contributed by atoms with Gasteiger partial charge in [0.15, 0.2) is 0 Å². The Morgan fingerprint density at radius 1 is 1.24 bits per heavy atom. The molecule has 3 rings (SSSR count). The molecule has 2 nitrogen and oxygen atoms in total. The van der Waals surface area contributed by atoms with Gasteiger partial charge in [-0.3, -0.25) is 4.90 Å². The Hall–Kier alpha value is -0.900. The van der Waals surface area contributed by atoms with E-state index in [1.165, 1.54) is 59.2 Å². The van der Waals surface area contributed by atoms with Crippen LogP contribution in [-0.2, 0) is 13.1 Å². The first-order valence-corrected chi connectivity index (χ1v) is 9.08. The van der Waals surface area contributed by atoms with Crippen molar-refractivity contribution in [1.29, 1.82) is 0 Å². The lowest BCUT2D eigenvalue weighted by molar-refractivity contribution is 0.186. The highest BCUT2D eigenvalue weighted by Crippen LogP contribution is 2.33. The first-order chi connectivity index (χ1) is 10.3. The summed E-state index contributed by atoms with van der Waals surface area (Å²) in [6.45, 7) is 5.32. The summed E-state index contributed by atoms with van der Waals surface area (Å²) in [6.07, 6.45) is 6.75. The van der Waals surface area contributed by atoms with Gasteiger partial charge in [-0.2, -0.15) is 0 Å². The Labute approximate surface area is 131 Å². The fraction of sp³-hybridized carbons (Fsp3) is 0.556. The van der Waals surface area contributed by atoms with Crippen molar-refractivity contribution >= 4 is 21.4 Å². The second-order valence-electron chi connectivity index (χ2n) is 6.09. The number of thiophene rings is 1. The average molecular weight is 302 g/mol. The van der Waals surface area contributed by atoms with Crippen LogP contribution in [0.4, 0.5) is 0 Å². The lowest BCUT2D eigenvalue weighted by Gasteiger charge is -2.29. The van der Waals surface area contributed by atoms with E-state index in [1.807, 2.05) is 11.3 Å². The molecule has 0 bridgehead atoms. The van der Waals surface area contributed by atoms with Crippen LogP contribution >= 0.6 is 11.3 Å². The molecular formula is C18H26N2S. The van der Waals surface area contributed by atoms with Crippen molar-refractivity contribution in [2.75, 3.05) is 6.54 Å². The van der Waals surface area contributed by atoms with Crippen LogP contribution in [0.15, 0.2) is 24.3 Å². The summed E-state index contributed by atoms with van der Waals surface area (Å²) in [5, 5.41) is 1.42. The molecule has 0 radical (unpaired) electrons. The molecule has 0 saturated carbocycles. The molecule has 0 aliphatic carbocycles.